The highest BCUT2D eigenvalue weighted by Gasteiger charge is 2.38. The lowest BCUT2D eigenvalue weighted by Gasteiger charge is -2.19. The minimum Gasteiger partial charge on any atom is -0.0882 e. The summed E-state index contributed by atoms with van der Waals surface area (Å²) >= 11 is 0. The first-order valence-corrected chi connectivity index (χ1v) is 8.94. The number of hydrogen-bond acceptors (Lipinski definition) is 0. The molecule has 0 nitrogen and oxygen atoms in total. The Morgan fingerprint density at radius 2 is 1.05 bits per heavy atom. The number of fused-ring (bicyclic) bond motifs is 2. The molecule has 0 heteroatoms. The van der Waals surface area contributed by atoms with Crippen LogP contribution in [-0.2, 0) is 0 Å². The average molecular weight is 272 g/mol. The van der Waals surface area contributed by atoms with Crippen LogP contribution < -0.4 is 0 Å². The third-order valence-electron chi connectivity index (χ3n) is 6.20. The molecule has 0 bridgehead atoms. The predicted octanol–water partition coefficient (Wildman–Crippen LogP) is 6.14. The van der Waals surface area contributed by atoms with Crippen molar-refractivity contribution in [3.8, 4) is 0 Å². The summed E-state index contributed by atoms with van der Waals surface area (Å²) in [5.41, 5.74) is 0.640. The van der Waals surface area contributed by atoms with Crippen molar-refractivity contribution in [1.29, 1.82) is 0 Å². The summed E-state index contributed by atoms with van der Waals surface area (Å²) in [7, 11) is 0. The lowest BCUT2D eigenvalue weighted by Crippen LogP contribution is -2.08. The standard InChI is InChI=1S/C11H18.C9H14/c1-11(2)7-9-5-3-4-6-10(9)8-11;1-2-5-9-7-3-6-8(9)4-1/h3-4,9-10H,5-8H2,1-2H3;1-2,8-9H,3-7H2. The normalized spacial score (nSPS) is 40.7. The molecule has 0 saturated heterocycles. The van der Waals surface area contributed by atoms with Crippen LogP contribution in [0.1, 0.15) is 71.6 Å². The van der Waals surface area contributed by atoms with Crippen LogP contribution in [0.5, 0.6) is 0 Å². The van der Waals surface area contributed by atoms with Crippen molar-refractivity contribution in [2.45, 2.75) is 71.6 Å². The lowest BCUT2D eigenvalue weighted by molar-refractivity contribution is 0.360. The second-order valence-electron chi connectivity index (χ2n) is 8.43. The molecule has 0 amide bonds. The monoisotopic (exact) mass is 272 g/mol. The Hall–Kier alpha value is -0.520. The molecular weight excluding hydrogens is 240 g/mol. The largest absolute Gasteiger partial charge is 0.0882 e. The molecule has 2 fully saturated rings. The van der Waals surface area contributed by atoms with Gasteiger partial charge in [0.2, 0.25) is 0 Å². The van der Waals surface area contributed by atoms with E-state index in [2.05, 4.69) is 38.2 Å². The Balaban J connectivity index is 0.000000123. The quantitative estimate of drug-likeness (QED) is 0.464. The van der Waals surface area contributed by atoms with Gasteiger partial charge in [-0.2, -0.15) is 0 Å². The van der Waals surface area contributed by atoms with Crippen molar-refractivity contribution in [3.05, 3.63) is 24.3 Å². The topological polar surface area (TPSA) is 0 Å². The Kier molecular flexibility index (Phi) is 4.38. The first-order valence-electron chi connectivity index (χ1n) is 8.94. The van der Waals surface area contributed by atoms with Gasteiger partial charge in [0.25, 0.3) is 0 Å². The summed E-state index contributed by atoms with van der Waals surface area (Å²) in [5.74, 6) is 4.20. The number of allylic oxidation sites excluding steroid dienone is 4. The summed E-state index contributed by atoms with van der Waals surface area (Å²) in [6.07, 6.45) is 22.4. The molecule has 4 rings (SSSR count). The van der Waals surface area contributed by atoms with Gasteiger partial charge in [0.15, 0.2) is 0 Å². The van der Waals surface area contributed by atoms with Crippen LogP contribution in [0.25, 0.3) is 0 Å². The van der Waals surface area contributed by atoms with Crippen molar-refractivity contribution in [2.24, 2.45) is 29.1 Å². The molecule has 0 heterocycles. The van der Waals surface area contributed by atoms with Gasteiger partial charge in [0.05, 0.1) is 0 Å². The van der Waals surface area contributed by atoms with E-state index in [1.54, 1.807) is 0 Å². The highest BCUT2D eigenvalue weighted by Crippen LogP contribution is 2.49. The maximum absolute atomic E-state index is 2.42. The second-order valence-corrected chi connectivity index (χ2v) is 8.43. The molecule has 0 N–H and O–H groups in total. The SMILES string of the molecule is C1=CCC2CCCC2C1.CC1(C)CC2CC=CCC2C1. The maximum Gasteiger partial charge on any atom is -0.0319 e. The van der Waals surface area contributed by atoms with Gasteiger partial charge < -0.3 is 0 Å². The fourth-order valence-corrected chi connectivity index (χ4v) is 5.21. The van der Waals surface area contributed by atoms with Crippen molar-refractivity contribution in [1.82, 2.24) is 0 Å². The van der Waals surface area contributed by atoms with Crippen LogP contribution >= 0.6 is 0 Å². The molecule has 0 aromatic carbocycles. The van der Waals surface area contributed by atoms with E-state index in [0.29, 0.717) is 5.41 Å². The minimum absolute atomic E-state index is 0.640. The fraction of sp³-hybridized carbons (Fsp3) is 0.800. The van der Waals surface area contributed by atoms with Gasteiger partial charge in [0, 0.05) is 0 Å². The van der Waals surface area contributed by atoms with E-state index in [1.807, 2.05) is 0 Å². The van der Waals surface area contributed by atoms with E-state index in [0.717, 1.165) is 23.7 Å². The van der Waals surface area contributed by atoms with Gasteiger partial charge in [-0.3, -0.25) is 0 Å². The highest BCUT2D eigenvalue weighted by atomic mass is 14.4. The maximum atomic E-state index is 2.42. The first-order chi connectivity index (χ1) is 9.64. The smallest absolute Gasteiger partial charge is 0.0319 e. The Morgan fingerprint density at radius 1 is 0.650 bits per heavy atom. The highest BCUT2D eigenvalue weighted by molar-refractivity contribution is 5.01. The average Bonchev–Trinajstić information content (AvgIpc) is 3.00. The molecule has 4 aliphatic carbocycles. The Morgan fingerprint density at radius 3 is 1.50 bits per heavy atom. The van der Waals surface area contributed by atoms with E-state index in [1.165, 1.54) is 57.8 Å². The van der Waals surface area contributed by atoms with Crippen LogP contribution in [0.2, 0.25) is 0 Å². The third kappa shape index (κ3) is 3.38. The summed E-state index contributed by atoms with van der Waals surface area (Å²) in [4.78, 5) is 0. The van der Waals surface area contributed by atoms with Gasteiger partial charge in [-0.05, 0) is 80.5 Å². The molecule has 0 aromatic heterocycles. The van der Waals surface area contributed by atoms with E-state index in [4.69, 9.17) is 0 Å². The van der Waals surface area contributed by atoms with Crippen molar-refractivity contribution >= 4 is 0 Å². The van der Waals surface area contributed by atoms with Crippen molar-refractivity contribution < 1.29 is 0 Å². The van der Waals surface area contributed by atoms with Gasteiger partial charge in [-0.1, -0.05) is 44.6 Å². The molecule has 0 spiro atoms. The molecule has 112 valence electrons. The van der Waals surface area contributed by atoms with E-state index >= 15 is 0 Å². The van der Waals surface area contributed by atoms with E-state index < -0.39 is 0 Å². The zero-order valence-electron chi connectivity index (χ0n) is 13.5. The summed E-state index contributed by atoms with van der Waals surface area (Å²) < 4.78 is 0. The van der Waals surface area contributed by atoms with Crippen LogP contribution in [0.15, 0.2) is 24.3 Å². The van der Waals surface area contributed by atoms with Crippen molar-refractivity contribution in [2.75, 3.05) is 0 Å². The molecule has 4 atom stereocenters. The minimum atomic E-state index is 0.640. The van der Waals surface area contributed by atoms with E-state index in [-0.39, 0.29) is 0 Å². The molecule has 0 aromatic rings. The van der Waals surface area contributed by atoms with Gasteiger partial charge in [-0.15, -0.1) is 0 Å². The Labute approximate surface area is 125 Å². The fourth-order valence-electron chi connectivity index (χ4n) is 5.21. The number of hydrogen-bond donors (Lipinski definition) is 0. The van der Waals surface area contributed by atoms with Crippen molar-refractivity contribution in [3.63, 3.8) is 0 Å². The van der Waals surface area contributed by atoms with E-state index in [9.17, 15) is 0 Å². The number of rotatable bonds is 0. The van der Waals surface area contributed by atoms with Crippen LogP contribution in [0.3, 0.4) is 0 Å². The second kappa shape index (κ2) is 6.08. The molecule has 0 radical (unpaired) electrons. The third-order valence-corrected chi connectivity index (χ3v) is 6.20. The first kappa shape index (κ1) is 14.4. The summed E-state index contributed by atoms with van der Waals surface area (Å²) in [5, 5.41) is 0. The molecule has 20 heavy (non-hydrogen) atoms. The van der Waals surface area contributed by atoms with Gasteiger partial charge in [0.1, 0.15) is 0 Å². The summed E-state index contributed by atoms with van der Waals surface area (Å²) in [6, 6.07) is 0. The summed E-state index contributed by atoms with van der Waals surface area (Å²) in [6.45, 7) is 4.84. The molecule has 4 unspecified atom stereocenters. The molecule has 0 aliphatic heterocycles. The van der Waals surface area contributed by atoms with Gasteiger partial charge >= 0.3 is 0 Å². The molecular formula is C20H32. The zero-order valence-corrected chi connectivity index (χ0v) is 13.5. The molecule has 2 saturated carbocycles. The van der Waals surface area contributed by atoms with Gasteiger partial charge in [-0.25, -0.2) is 0 Å². The van der Waals surface area contributed by atoms with Crippen LogP contribution in [-0.4, -0.2) is 0 Å². The molecule has 4 aliphatic rings. The Bertz CT molecular complexity index is 341. The van der Waals surface area contributed by atoms with Crippen LogP contribution in [0, 0.1) is 29.1 Å². The van der Waals surface area contributed by atoms with Crippen LogP contribution in [0.4, 0.5) is 0 Å². The predicted molar refractivity (Wildman–Crippen MR) is 87.6 cm³/mol. The lowest BCUT2D eigenvalue weighted by atomic mass is 9.86. The zero-order chi connectivity index (χ0) is 14.0.